The van der Waals surface area contributed by atoms with Crippen LogP contribution in [0.15, 0.2) is 27.4 Å². The Balaban J connectivity index is 1.79. The number of nitrogens with zero attached hydrogens (tertiary/aromatic N) is 2. The zero-order valence-corrected chi connectivity index (χ0v) is 15.1. The Hall–Kier alpha value is -2.57. The van der Waals surface area contributed by atoms with E-state index in [1.54, 1.807) is 23.1 Å². The summed E-state index contributed by atoms with van der Waals surface area (Å²) in [6.45, 7) is 3.46. The van der Waals surface area contributed by atoms with Crippen LogP contribution in [0.4, 0.5) is 5.69 Å². The molecule has 26 heavy (non-hydrogen) atoms. The van der Waals surface area contributed by atoms with E-state index in [1.165, 1.54) is 4.57 Å². The minimum absolute atomic E-state index is 0.0426. The summed E-state index contributed by atoms with van der Waals surface area (Å²) in [5.41, 5.74) is 1.53. The first-order chi connectivity index (χ1) is 12.6. The molecule has 0 aliphatic carbocycles. The molecule has 7 heteroatoms. The number of fused-ring (bicyclic) bond motifs is 1. The van der Waals surface area contributed by atoms with Crippen LogP contribution in [-0.4, -0.2) is 34.4 Å². The van der Waals surface area contributed by atoms with E-state index in [1.807, 2.05) is 6.92 Å². The summed E-state index contributed by atoms with van der Waals surface area (Å²) < 4.78 is 6.58. The van der Waals surface area contributed by atoms with Crippen molar-refractivity contribution < 1.29 is 14.0 Å². The minimum atomic E-state index is -0.556. The molecule has 0 bridgehead atoms. The van der Waals surface area contributed by atoms with E-state index in [2.05, 4.69) is 5.32 Å². The fraction of sp³-hybridized carbons (Fsp3) is 0.526. The van der Waals surface area contributed by atoms with Gasteiger partial charge in [-0.25, -0.2) is 4.79 Å². The van der Waals surface area contributed by atoms with Gasteiger partial charge in [0.15, 0.2) is 5.58 Å². The number of rotatable bonds is 6. The van der Waals surface area contributed by atoms with E-state index < -0.39 is 5.76 Å². The van der Waals surface area contributed by atoms with E-state index in [0.29, 0.717) is 23.2 Å². The third-order valence-corrected chi connectivity index (χ3v) is 4.71. The third kappa shape index (κ3) is 4.15. The molecule has 1 N–H and O–H groups in total. The number of unbranched alkanes of at least 4 members (excludes halogenated alkanes) is 1. The lowest BCUT2D eigenvalue weighted by atomic mass is 10.1. The Morgan fingerprint density at radius 3 is 2.69 bits per heavy atom. The van der Waals surface area contributed by atoms with E-state index >= 15 is 0 Å². The Labute approximate surface area is 152 Å². The summed E-state index contributed by atoms with van der Waals surface area (Å²) in [5.74, 6) is -0.695. The zero-order chi connectivity index (χ0) is 18.5. The lowest BCUT2D eigenvalue weighted by Crippen LogP contribution is -2.39. The predicted octanol–water partition coefficient (Wildman–Crippen LogP) is 2.74. The number of hydrogen-bond acceptors (Lipinski definition) is 4. The van der Waals surface area contributed by atoms with Crippen LogP contribution < -0.4 is 11.1 Å². The molecule has 1 aliphatic rings. The van der Waals surface area contributed by atoms with Gasteiger partial charge in [0.05, 0.1) is 5.52 Å². The van der Waals surface area contributed by atoms with Gasteiger partial charge < -0.3 is 14.6 Å². The standard InChI is InChI=1S/C19H25N3O4/c1-2-3-7-17(23)20-14-8-9-16-15(12-14)22(19(25)26-16)13-18(24)21-10-5-4-6-11-21/h8-9,12H,2-7,10-11,13H2,1H3,(H,20,23). The van der Waals surface area contributed by atoms with Gasteiger partial charge in [0.2, 0.25) is 11.8 Å². The summed E-state index contributed by atoms with van der Waals surface area (Å²) in [5, 5.41) is 2.83. The molecule has 1 aromatic heterocycles. The maximum atomic E-state index is 12.5. The molecule has 1 aliphatic heterocycles. The van der Waals surface area contributed by atoms with E-state index in [-0.39, 0.29) is 18.4 Å². The molecule has 140 valence electrons. The SMILES string of the molecule is CCCCC(=O)Nc1ccc2oc(=O)n(CC(=O)N3CCCCC3)c2c1. The van der Waals surface area contributed by atoms with E-state index in [0.717, 1.165) is 45.2 Å². The second-order valence-corrected chi connectivity index (χ2v) is 6.73. The average molecular weight is 359 g/mol. The molecule has 0 unspecified atom stereocenters. The maximum Gasteiger partial charge on any atom is 0.420 e. The molecule has 0 spiro atoms. The number of piperidine rings is 1. The summed E-state index contributed by atoms with van der Waals surface area (Å²) in [6, 6.07) is 5.04. The molecule has 0 radical (unpaired) electrons. The van der Waals surface area contributed by atoms with Crippen molar-refractivity contribution in [2.45, 2.75) is 52.0 Å². The molecule has 0 atom stereocenters. The quantitative estimate of drug-likeness (QED) is 0.859. The van der Waals surface area contributed by atoms with Gasteiger partial charge in [-0.15, -0.1) is 0 Å². The molecular formula is C19H25N3O4. The summed E-state index contributed by atoms with van der Waals surface area (Å²) in [7, 11) is 0. The van der Waals surface area contributed by atoms with Gasteiger partial charge in [-0.2, -0.15) is 0 Å². The van der Waals surface area contributed by atoms with Gasteiger partial charge in [-0.05, 0) is 43.9 Å². The lowest BCUT2D eigenvalue weighted by Gasteiger charge is -2.26. The lowest BCUT2D eigenvalue weighted by molar-refractivity contribution is -0.132. The molecule has 7 nitrogen and oxygen atoms in total. The number of aromatic nitrogens is 1. The molecule has 3 rings (SSSR count). The number of nitrogens with one attached hydrogen (secondary N) is 1. The number of oxazole rings is 1. The molecule has 2 heterocycles. The molecule has 1 fully saturated rings. The van der Waals surface area contributed by atoms with Gasteiger partial charge in [-0.1, -0.05) is 13.3 Å². The third-order valence-electron chi connectivity index (χ3n) is 4.71. The first kappa shape index (κ1) is 18.2. The topological polar surface area (TPSA) is 84.5 Å². The van der Waals surface area contributed by atoms with Crippen molar-refractivity contribution in [3.05, 3.63) is 28.7 Å². The predicted molar refractivity (Wildman–Crippen MR) is 99.1 cm³/mol. The fourth-order valence-electron chi connectivity index (χ4n) is 3.23. The fourth-order valence-corrected chi connectivity index (χ4v) is 3.23. The zero-order valence-electron chi connectivity index (χ0n) is 15.1. The smallest absolute Gasteiger partial charge is 0.408 e. The number of hydrogen-bond donors (Lipinski definition) is 1. The van der Waals surface area contributed by atoms with Gasteiger partial charge in [0.25, 0.3) is 0 Å². The summed E-state index contributed by atoms with van der Waals surface area (Å²) >= 11 is 0. The Kier molecular flexibility index (Phi) is 5.75. The first-order valence-electron chi connectivity index (χ1n) is 9.29. The second kappa shape index (κ2) is 8.21. The van der Waals surface area contributed by atoms with Gasteiger partial charge >= 0.3 is 5.76 Å². The van der Waals surface area contributed by atoms with Crippen LogP contribution in [0.1, 0.15) is 45.4 Å². The number of likely N-dealkylation sites (tertiary alicyclic amines) is 1. The Bertz CT molecular complexity index is 846. The Morgan fingerprint density at radius 2 is 1.96 bits per heavy atom. The molecule has 2 aromatic rings. The first-order valence-corrected chi connectivity index (χ1v) is 9.29. The number of anilines is 1. The average Bonchev–Trinajstić information content (AvgIpc) is 2.95. The van der Waals surface area contributed by atoms with Crippen molar-refractivity contribution in [3.8, 4) is 0 Å². The van der Waals surface area contributed by atoms with Crippen molar-refractivity contribution in [1.29, 1.82) is 0 Å². The normalized spacial score (nSPS) is 14.6. The summed E-state index contributed by atoms with van der Waals surface area (Å²) in [4.78, 5) is 38.4. The monoisotopic (exact) mass is 359 g/mol. The minimum Gasteiger partial charge on any atom is -0.408 e. The highest BCUT2D eigenvalue weighted by atomic mass is 16.4. The molecular weight excluding hydrogens is 334 g/mol. The molecule has 0 saturated carbocycles. The molecule has 1 aromatic carbocycles. The van der Waals surface area contributed by atoms with Crippen LogP contribution in [-0.2, 0) is 16.1 Å². The van der Waals surface area contributed by atoms with Crippen molar-refractivity contribution in [2.24, 2.45) is 0 Å². The van der Waals surface area contributed by atoms with Gasteiger partial charge in [0, 0.05) is 25.2 Å². The highest BCUT2D eigenvalue weighted by Crippen LogP contribution is 2.19. The highest BCUT2D eigenvalue weighted by molar-refractivity contribution is 5.93. The number of amides is 2. The molecule has 1 saturated heterocycles. The van der Waals surface area contributed by atoms with Crippen molar-refractivity contribution in [2.75, 3.05) is 18.4 Å². The Morgan fingerprint density at radius 1 is 1.19 bits per heavy atom. The second-order valence-electron chi connectivity index (χ2n) is 6.73. The van der Waals surface area contributed by atoms with Crippen molar-refractivity contribution >= 4 is 28.6 Å². The van der Waals surface area contributed by atoms with Crippen molar-refractivity contribution in [3.63, 3.8) is 0 Å². The van der Waals surface area contributed by atoms with Crippen LogP contribution >= 0.6 is 0 Å². The van der Waals surface area contributed by atoms with Gasteiger partial charge in [0.1, 0.15) is 6.54 Å². The number of carbonyl (C=O) groups excluding carboxylic acids is 2. The van der Waals surface area contributed by atoms with Crippen LogP contribution in [0.25, 0.3) is 11.1 Å². The molecule has 2 amide bonds. The van der Waals surface area contributed by atoms with Crippen LogP contribution in [0.5, 0.6) is 0 Å². The van der Waals surface area contributed by atoms with Crippen LogP contribution in [0, 0.1) is 0 Å². The van der Waals surface area contributed by atoms with E-state index in [4.69, 9.17) is 4.42 Å². The maximum absolute atomic E-state index is 12.5. The summed E-state index contributed by atoms with van der Waals surface area (Å²) in [6.07, 6.45) is 5.38. The van der Waals surface area contributed by atoms with Crippen molar-refractivity contribution in [1.82, 2.24) is 9.47 Å². The van der Waals surface area contributed by atoms with E-state index in [9.17, 15) is 14.4 Å². The number of benzene rings is 1. The number of carbonyl (C=O) groups is 2. The van der Waals surface area contributed by atoms with Crippen LogP contribution in [0.2, 0.25) is 0 Å². The largest absolute Gasteiger partial charge is 0.420 e. The highest BCUT2D eigenvalue weighted by Gasteiger charge is 2.20. The van der Waals surface area contributed by atoms with Crippen LogP contribution in [0.3, 0.4) is 0 Å². The van der Waals surface area contributed by atoms with Gasteiger partial charge in [-0.3, -0.25) is 14.2 Å².